The molecule has 8 heteroatoms. The second-order valence-electron chi connectivity index (χ2n) is 7.49. The number of carbonyl (C=O) groups excluding carboxylic acids is 2. The molecule has 1 heterocycles. The zero-order valence-electron chi connectivity index (χ0n) is 15.9. The quantitative estimate of drug-likeness (QED) is 0.771. The van der Waals surface area contributed by atoms with Crippen LogP contribution in [0.2, 0.25) is 0 Å². The van der Waals surface area contributed by atoms with Crippen LogP contribution in [0.5, 0.6) is 0 Å². The van der Waals surface area contributed by atoms with Crippen molar-refractivity contribution in [3.8, 4) is 0 Å². The molecule has 7 nitrogen and oxygen atoms in total. The van der Waals surface area contributed by atoms with Gasteiger partial charge in [0.15, 0.2) is 6.10 Å². The van der Waals surface area contributed by atoms with Crippen molar-refractivity contribution in [2.45, 2.75) is 64.1 Å². The van der Waals surface area contributed by atoms with Crippen molar-refractivity contribution in [3.05, 3.63) is 29.3 Å². The molecule has 1 aromatic carbocycles. The van der Waals surface area contributed by atoms with E-state index >= 15 is 0 Å². The minimum atomic E-state index is -3.38. The molecule has 0 unspecified atom stereocenters. The summed E-state index contributed by atoms with van der Waals surface area (Å²) in [5.41, 5.74) is 1.69. The molecule has 0 spiro atoms. The molecule has 0 bridgehead atoms. The summed E-state index contributed by atoms with van der Waals surface area (Å²) in [4.78, 5) is 24.6. The highest BCUT2D eigenvalue weighted by molar-refractivity contribution is 7.92. The van der Waals surface area contributed by atoms with Crippen LogP contribution in [-0.2, 0) is 26.0 Å². The van der Waals surface area contributed by atoms with E-state index in [4.69, 9.17) is 4.74 Å². The highest BCUT2D eigenvalue weighted by atomic mass is 32.2. The van der Waals surface area contributed by atoms with Crippen LogP contribution in [-0.4, -0.2) is 44.7 Å². The van der Waals surface area contributed by atoms with Crippen LogP contribution in [0.15, 0.2) is 18.2 Å². The first-order valence-electron chi connectivity index (χ1n) is 9.30. The van der Waals surface area contributed by atoms with Crippen LogP contribution in [0.4, 0.5) is 5.69 Å². The standard InChI is InChI=1S/C19H26N2O5S/c1-12-10-15-11-14(8-9-17(15)21(12)27(3,24)25)19(23)26-13(2)18(22)20-16-6-4-5-7-16/h8-9,11-13,16H,4-7,10H2,1-3H3,(H,20,22)/t12-,13+/m1/s1. The van der Waals surface area contributed by atoms with Gasteiger partial charge in [0.05, 0.1) is 17.5 Å². The zero-order chi connectivity index (χ0) is 19.8. The summed E-state index contributed by atoms with van der Waals surface area (Å²) in [5, 5.41) is 2.92. The largest absolute Gasteiger partial charge is 0.449 e. The summed E-state index contributed by atoms with van der Waals surface area (Å²) < 4.78 is 30.6. The maximum Gasteiger partial charge on any atom is 0.338 e. The Bertz CT molecular complexity index is 846. The molecule has 0 saturated heterocycles. The first-order chi connectivity index (χ1) is 12.7. The summed E-state index contributed by atoms with van der Waals surface area (Å²) in [6.07, 6.45) is 4.97. The molecule has 1 saturated carbocycles. The number of benzene rings is 1. The van der Waals surface area contributed by atoms with Crippen molar-refractivity contribution in [3.63, 3.8) is 0 Å². The summed E-state index contributed by atoms with van der Waals surface area (Å²) in [5.74, 6) is -0.870. The molecular weight excluding hydrogens is 368 g/mol. The van der Waals surface area contributed by atoms with Gasteiger partial charge in [-0.1, -0.05) is 12.8 Å². The Morgan fingerprint density at radius 3 is 2.56 bits per heavy atom. The number of ether oxygens (including phenoxy) is 1. The van der Waals surface area contributed by atoms with E-state index in [0.717, 1.165) is 31.2 Å². The molecule has 1 fully saturated rings. The summed E-state index contributed by atoms with van der Waals surface area (Å²) in [6.45, 7) is 3.39. The van der Waals surface area contributed by atoms with Crippen molar-refractivity contribution < 1.29 is 22.7 Å². The van der Waals surface area contributed by atoms with E-state index in [1.807, 2.05) is 6.92 Å². The normalized spacial score (nSPS) is 21.0. The van der Waals surface area contributed by atoms with Gasteiger partial charge in [-0.3, -0.25) is 9.10 Å². The Hall–Kier alpha value is -2.09. The van der Waals surface area contributed by atoms with Gasteiger partial charge >= 0.3 is 5.97 Å². The third-order valence-corrected chi connectivity index (χ3v) is 6.45. The van der Waals surface area contributed by atoms with Crippen LogP contribution in [0.3, 0.4) is 0 Å². The van der Waals surface area contributed by atoms with Crippen LogP contribution in [0.25, 0.3) is 0 Å². The minimum Gasteiger partial charge on any atom is -0.449 e. The molecule has 1 N–H and O–H groups in total. The average molecular weight is 394 g/mol. The fraction of sp³-hybridized carbons (Fsp3) is 0.579. The Morgan fingerprint density at radius 1 is 1.26 bits per heavy atom. The number of hydrogen-bond acceptors (Lipinski definition) is 5. The van der Waals surface area contributed by atoms with Gasteiger partial charge in [-0.05, 0) is 56.9 Å². The maximum absolute atomic E-state index is 12.4. The predicted octanol–water partition coefficient (Wildman–Crippen LogP) is 2.00. The monoisotopic (exact) mass is 394 g/mol. The number of esters is 1. The topological polar surface area (TPSA) is 92.8 Å². The smallest absolute Gasteiger partial charge is 0.338 e. The van der Waals surface area contributed by atoms with Crippen molar-refractivity contribution in [2.24, 2.45) is 0 Å². The lowest BCUT2D eigenvalue weighted by atomic mass is 10.1. The molecule has 0 radical (unpaired) electrons. The van der Waals surface area contributed by atoms with Gasteiger partial charge in [-0.15, -0.1) is 0 Å². The number of anilines is 1. The number of sulfonamides is 1. The molecule has 148 valence electrons. The number of rotatable bonds is 5. The molecule has 1 aliphatic heterocycles. The molecule has 1 amide bonds. The van der Waals surface area contributed by atoms with Gasteiger partial charge in [-0.25, -0.2) is 13.2 Å². The molecule has 0 aromatic heterocycles. The Morgan fingerprint density at radius 2 is 1.93 bits per heavy atom. The number of nitrogens with zero attached hydrogens (tertiary/aromatic N) is 1. The van der Waals surface area contributed by atoms with Gasteiger partial charge in [-0.2, -0.15) is 0 Å². The molecule has 27 heavy (non-hydrogen) atoms. The van der Waals surface area contributed by atoms with E-state index in [2.05, 4.69) is 5.32 Å². The van der Waals surface area contributed by atoms with E-state index in [9.17, 15) is 18.0 Å². The Labute approximate surface area is 160 Å². The number of hydrogen-bond donors (Lipinski definition) is 1. The van der Waals surface area contributed by atoms with Crippen molar-refractivity contribution in [2.75, 3.05) is 10.6 Å². The SMILES string of the molecule is C[C@H](OC(=O)c1ccc2c(c1)C[C@@H](C)N2S(C)(=O)=O)C(=O)NC1CCCC1. The highest BCUT2D eigenvalue weighted by Gasteiger charge is 2.33. The third-order valence-electron chi connectivity index (χ3n) is 5.18. The number of fused-ring (bicyclic) bond motifs is 1. The second kappa shape index (κ2) is 7.50. The van der Waals surface area contributed by atoms with Crippen LogP contribution in [0.1, 0.15) is 55.5 Å². The lowest BCUT2D eigenvalue weighted by molar-refractivity contribution is -0.129. The van der Waals surface area contributed by atoms with Crippen LogP contribution in [0, 0.1) is 0 Å². The van der Waals surface area contributed by atoms with Crippen molar-refractivity contribution in [1.29, 1.82) is 0 Å². The maximum atomic E-state index is 12.4. The lowest BCUT2D eigenvalue weighted by Crippen LogP contribution is -2.40. The molecule has 2 aliphatic rings. The van der Waals surface area contributed by atoms with Crippen molar-refractivity contribution in [1.82, 2.24) is 5.32 Å². The molecule has 2 atom stereocenters. The van der Waals surface area contributed by atoms with E-state index < -0.39 is 22.1 Å². The predicted molar refractivity (Wildman–Crippen MR) is 102 cm³/mol. The van der Waals surface area contributed by atoms with Gasteiger partial charge in [0.2, 0.25) is 10.0 Å². The van der Waals surface area contributed by atoms with E-state index in [1.165, 1.54) is 10.6 Å². The first kappa shape index (κ1) is 19.7. The molecule has 1 aliphatic carbocycles. The second-order valence-corrected chi connectivity index (χ2v) is 9.35. The lowest BCUT2D eigenvalue weighted by Gasteiger charge is -2.22. The van der Waals surface area contributed by atoms with Gasteiger partial charge in [0, 0.05) is 12.1 Å². The van der Waals surface area contributed by atoms with Crippen molar-refractivity contribution >= 4 is 27.6 Å². The van der Waals surface area contributed by atoms with Gasteiger partial charge < -0.3 is 10.1 Å². The fourth-order valence-electron chi connectivity index (χ4n) is 3.91. The molecular formula is C19H26N2O5S. The fourth-order valence-corrected chi connectivity index (χ4v) is 5.17. The minimum absolute atomic E-state index is 0.169. The Balaban J connectivity index is 1.67. The Kier molecular flexibility index (Phi) is 5.46. The first-order valence-corrected chi connectivity index (χ1v) is 11.2. The van der Waals surface area contributed by atoms with Crippen LogP contribution >= 0.6 is 0 Å². The molecule has 3 rings (SSSR count). The number of carbonyl (C=O) groups is 2. The average Bonchev–Trinajstić information content (AvgIpc) is 3.19. The summed E-state index contributed by atoms with van der Waals surface area (Å²) >= 11 is 0. The van der Waals surface area contributed by atoms with Gasteiger partial charge in [0.1, 0.15) is 0 Å². The van der Waals surface area contributed by atoms with E-state index in [1.54, 1.807) is 25.1 Å². The third kappa shape index (κ3) is 4.26. The number of amides is 1. The van der Waals surface area contributed by atoms with Gasteiger partial charge in [0.25, 0.3) is 5.91 Å². The number of nitrogens with one attached hydrogen (secondary N) is 1. The molecule has 1 aromatic rings. The zero-order valence-corrected chi connectivity index (χ0v) is 16.7. The summed E-state index contributed by atoms with van der Waals surface area (Å²) in [6, 6.07) is 4.79. The van der Waals surface area contributed by atoms with Crippen LogP contribution < -0.4 is 9.62 Å². The van der Waals surface area contributed by atoms with E-state index in [0.29, 0.717) is 17.7 Å². The summed E-state index contributed by atoms with van der Waals surface area (Å²) in [7, 11) is -3.38. The van der Waals surface area contributed by atoms with E-state index in [-0.39, 0.29) is 18.0 Å². The highest BCUT2D eigenvalue weighted by Crippen LogP contribution is 2.34.